The number of benzene rings is 2. The van der Waals surface area contributed by atoms with Crippen molar-refractivity contribution in [3.05, 3.63) is 70.8 Å². The number of aryl methyl sites for hydroxylation is 2. The average Bonchev–Trinajstić information content (AvgIpc) is 3.08. The average molecular weight is 305 g/mol. The summed E-state index contributed by atoms with van der Waals surface area (Å²) in [7, 11) is 0. The van der Waals surface area contributed by atoms with E-state index in [1.54, 1.807) is 0 Å². The van der Waals surface area contributed by atoms with Gasteiger partial charge in [-0.15, -0.1) is 0 Å². The zero-order chi connectivity index (χ0) is 15.6. The van der Waals surface area contributed by atoms with E-state index in [2.05, 4.69) is 48.5 Å². The van der Waals surface area contributed by atoms with E-state index in [4.69, 9.17) is 5.73 Å². The van der Waals surface area contributed by atoms with Crippen molar-refractivity contribution in [1.29, 1.82) is 0 Å². The molecule has 2 aliphatic carbocycles. The molecule has 1 heteroatoms. The lowest BCUT2D eigenvalue weighted by molar-refractivity contribution is 0.396. The maximum atomic E-state index is 6.68. The van der Waals surface area contributed by atoms with Crippen molar-refractivity contribution in [2.75, 3.05) is 0 Å². The van der Waals surface area contributed by atoms with Crippen LogP contribution in [0.1, 0.15) is 60.3 Å². The molecule has 4 rings (SSSR count). The zero-order valence-electron chi connectivity index (χ0n) is 13.9. The highest BCUT2D eigenvalue weighted by molar-refractivity contribution is 5.45. The first-order chi connectivity index (χ1) is 11.3. The maximum Gasteiger partial charge on any atom is 0.0110 e. The van der Waals surface area contributed by atoms with Crippen molar-refractivity contribution in [1.82, 2.24) is 0 Å². The predicted molar refractivity (Wildman–Crippen MR) is 96.7 cm³/mol. The fourth-order valence-electron chi connectivity index (χ4n) is 4.74. The van der Waals surface area contributed by atoms with Gasteiger partial charge in [0.25, 0.3) is 0 Å². The summed E-state index contributed by atoms with van der Waals surface area (Å²) in [6.07, 6.45) is 8.81. The molecular formula is C22H27N. The minimum atomic E-state index is 0.335. The molecule has 2 aromatic carbocycles. The van der Waals surface area contributed by atoms with Crippen LogP contribution < -0.4 is 5.73 Å². The van der Waals surface area contributed by atoms with Gasteiger partial charge in [-0.05, 0) is 60.3 Å². The molecule has 0 radical (unpaired) electrons. The van der Waals surface area contributed by atoms with Crippen LogP contribution in [0.5, 0.6) is 0 Å². The van der Waals surface area contributed by atoms with E-state index in [9.17, 15) is 0 Å². The number of nitrogens with two attached hydrogens (primary N) is 1. The largest absolute Gasteiger partial charge is 0.327 e. The highest BCUT2D eigenvalue weighted by atomic mass is 14.7. The number of fused-ring (bicyclic) bond motifs is 2. The second-order valence-electron chi connectivity index (χ2n) is 7.39. The second-order valence-corrected chi connectivity index (χ2v) is 7.39. The van der Waals surface area contributed by atoms with Crippen LogP contribution in [0.3, 0.4) is 0 Å². The minimum Gasteiger partial charge on any atom is -0.327 e. The molecule has 0 bridgehead atoms. The fourth-order valence-corrected chi connectivity index (χ4v) is 4.74. The molecule has 2 aromatic rings. The van der Waals surface area contributed by atoms with Gasteiger partial charge in [0, 0.05) is 12.0 Å². The Morgan fingerprint density at radius 3 is 1.91 bits per heavy atom. The van der Waals surface area contributed by atoms with Crippen LogP contribution in [-0.2, 0) is 12.8 Å². The number of hydrogen-bond donors (Lipinski definition) is 1. The zero-order valence-corrected chi connectivity index (χ0v) is 13.9. The molecule has 2 N–H and O–H groups in total. The van der Waals surface area contributed by atoms with E-state index < -0.39 is 0 Å². The molecular weight excluding hydrogens is 278 g/mol. The van der Waals surface area contributed by atoms with Crippen molar-refractivity contribution in [2.24, 2.45) is 11.7 Å². The van der Waals surface area contributed by atoms with E-state index in [0.717, 1.165) is 25.2 Å². The van der Waals surface area contributed by atoms with Gasteiger partial charge >= 0.3 is 0 Å². The lowest BCUT2D eigenvalue weighted by Crippen LogP contribution is -2.30. The molecule has 0 amide bonds. The van der Waals surface area contributed by atoms with Gasteiger partial charge in [-0.2, -0.15) is 0 Å². The maximum absolute atomic E-state index is 6.68. The summed E-state index contributed by atoms with van der Waals surface area (Å²) < 4.78 is 0. The molecule has 0 aromatic heterocycles. The second kappa shape index (κ2) is 6.49. The summed E-state index contributed by atoms with van der Waals surface area (Å²) in [6.45, 7) is 0. The summed E-state index contributed by atoms with van der Waals surface area (Å²) in [5.74, 6) is 1.21. The highest BCUT2D eigenvalue weighted by Crippen LogP contribution is 2.39. The molecule has 120 valence electrons. The highest BCUT2D eigenvalue weighted by Gasteiger charge is 2.29. The summed E-state index contributed by atoms with van der Waals surface area (Å²) in [5.41, 5.74) is 12.8. The first-order valence-electron chi connectivity index (χ1n) is 9.24. The van der Waals surface area contributed by atoms with Crippen LogP contribution in [0.25, 0.3) is 0 Å². The molecule has 1 saturated carbocycles. The Labute approximate surface area is 139 Å². The van der Waals surface area contributed by atoms with Crippen molar-refractivity contribution in [3.63, 3.8) is 0 Å². The quantitative estimate of drug-likeness (QED) is 0.864. The monoisotopic (exact) mass is 305 g/mol. The van der Waals surface area contributed by atoms with Gasteiger partial charge in [0.2, 0.25) is 0 Å². The summed E-state index contributed by atoms with van der Waals surface area (Å²) in [6, 6.07) is 18.4. The van der Waals surface area contributed by atoms with Crippen molar-refractivity contribution in [2.45, 2.75) is 56.9 Å². The Morgan fingerprint density at radius 1 is 0.826 bits per heavy atom. The van der Waals surface area contributed by atoms with Gasteiger partial charge in [-0.3, -0.25) is 0 Å². The lowest BCUT2D eigenvalue weighted by Gasteiger charge is -2.27. The third kappa shape index (κ3) is 2.95. The van der Waals surface area contributed by atoms with Gasteiger partial charge < -0.3 is 5.73 Å². The smallest absolute Gasteiger partial charge is 0.0110 e. The van der Waals surface area contributed by atoms with Crippen LogP contribution in [0.4, 0.5) is 0 Å². The Balaban J connectivity index is 1.71. The van der Waals surface area contributed by atoms with Crippen molar-refractivity contribution >= 4 is 0 Å². The van der Waals surface area contributed by atoms with E-state index in [1.165, 1.54) is 47.9 Å². The van der Waals surface area contributed by atoms with Crippen LogP contribution >= 0.6 is 0 Å². The molecule has 1 nitrogen and oxygen atoms in total. The van der Waals surface area contributed by atoms with Gasteiger partial charge in [0.05, 0.1) is 0 Å². The summed E-state index contributed by atoms with van der Waals surface area (Å²) in [5, 5.41) is 0. The van der Waals surface area contributed by atoms with Gasteiger partial charge in [0.1, 0.15) is 0 Å². The molecule has 2 aliphatic rings. The Morgan fingerprint density at radius 2 is 1.35 bits per heavy atom. The minimum absolute atomic E-state index is 0.335. The van der Waals surface area contributed by atoms with Gasteiger partial charge in [0.15, 0.2) is 0 Å². The molecule has 1 fully saturated rings. The number of hydrogen-bond acceptors (Lipinski definition) is 1. The molecule has 0 aliphatic heterocycles. The summed E-state index contributed by atoms with van der Waals surface area (Å²) in [4.78, 5) is 0. The molecule has 1 unspecified atom stereocenters. The fraction of sp³-hybridized carbons (Fsp3) is 0.455. The molecule has 0 spiro atoms. The third-order valence-electron chi connectivity index (χ3n) is 6.04. The molecule has 0 heterocycles. The SMILES string of the molecule is NC(CC1c2ccccc2CCc2ccccc21)C1CCCC1. The molecule has 1 atom stereocenters. The topological polar surface area (TPSA) is 26.0 Å². The van der Waals surface area contributed by atoms with Crippen LogP contribution in [0.15, 0.2) is 48.5 Å². The van der Waals surface area contributed by atoms with Gasteiger partial charge in [-0.1, -0.05) is 61.4 Å². The Hall–Kier alpha value is -1.60. The van der Waals surface area contributed by atoms with Crippen LogP contribution in [0.2, 0.25) is 0 Å². The van der Waals surface area contributed by atoms with E-state index >= 15 is 0 Å². The Bertz CT molecular complexity index is 622. The van der Waals surface area contributed by atoms with Crippen LogP contribution in [0, 0.1) is 5.92 Å². The summed E-state index contributed by atoms with van der Waals surface area (Å²) >= 11 is 0. The lowest BCUT2D eigenvalue weighted by atomic mass is 9.80. The molecule has 23 heavy (non-hydrogen) atoms. The van der Waals surface area contributed by atoms with Crippen molar-refractivity contribution < 1.29 is 0 Å². The van der Waals surface area contributed by atoms with E-state index in [-0.39, 0.29) is 0 Å². The third-order valence-corrected chi connectivity index (χ3v) is 6.04. The predicted octanol–water partition coefficient (Wildman–Crippen LogP) is 4.82. The first kappa shape index (κ1) is 15.0. The molecule has 0 saturated heterocycles. The standard InChI is InChI=1S/C22H27N/c23-22(18-9-1-2-10-18)15-21-19-11-5-3-7-16(19)13-14-17-8-4-6-12-20(17)21/h3-8,11-12,18,21-22H,1-2,9-10,13-15,23H2. The first-order valence-corrected chi connectivity index (χ1v) is 9.24. The number of rotatable bonds is 3. The van der Waals surface area contributed by atoms with E-state index in [0.29, 0.717) is 12.0 Å². The normalized spacial score (nSPS) is 19.9. The van der Waals surface area contributed by atoms with Crippen LogP contribution in [-0.4, -0.2) is 6.04 Å². The Kier molecular flexibility index (Phi) is 4.22. The van der Waals surface area contributed by atoms with Crippen molar-refractivity contribution in [3.8, 4) is 0 Å². The van der Waals surface area contributed by atoms with Gasteiger partial charge in [-0.25, -0.2) is 0 Å². The van der Waals surface area contributed by atoms with E-state index in [1.807, 2.05) is 0 Å².